The molecule has 1 aromatic carbocycles. The third-order valence-electron chi connectivity index (χ3n) is 2.74. The Morgan fingerprint density at radius 3 is 2.68 bits per heavy atom. The molecule has 0 heterocycles. The number of primary amides is 1. The summed E-state index contributed by atoms with van der Waals surface area (Å²) in [6.07, 6.45) is 0. The van der Waals surface area contributed by atoms with E-state index < -0.39 is 5.91 Å². The van der Waals surface area contributed by atoms with Crippen molar-refractivity contribution in [3.05, 3.63) is 34.3 Å². The van der Waals surface area contributed by atoms with Crippen LogP contribution in [0.2, 0.25) is 5.02 Å². The first-order valence-corrected chi connectivity index (χ1v) is 6.66. The second-order valence-corrected chi connectivity index (χ2v) is 5.37. The first-order chi connectivity index (χ1) is 8.85. The standard InChI is InChI=1S/C14H21ClN2O2/c1-4-19-14(2,3)9-17-8-11-6-5-10(13(16)18)7-12(11)15/h5-7,17H,4,8-9H2,1-3H3,(H2,16,18). The molecule has 106 valence electrons. The average Bonchev–Trinajstić information content (AvgIpc) is 2.30. The van der Waals surface area contributed by atoms with E-state index in [-0.39, 0.29) is 5.60 Å². The Labute approximate surface area is 119 Å². The predicted octanol–water partition coefficient (Wildman–Crippen LogP) is 2.34. The monoisotopic (exact) mass is 284 g/mol. The van der Waals surface area contributed by atoms with Crippen LogP contribution in [0.4, 0.5) is 0 Å². The molecule has 0 saturated heterocycles. The van der Waals surface area contributed by atoms with Gasteiger partial charge in [0.15, 0.2) is 0 Å². The van der Waals surface area contributed by atoms with E-state index in [1.807, 2.05) is 26.8 Å². The number of carbonyl (C=O) groups excluding carboxylic acids is 1. The third kappa shape index (κ3) is 5.19. The lowest BCUT2D eigenvalue weighted by Crippen LogP contribution is -2.37. The van der Waals surface area contributed by atoms with Crippen molar-refractivity contribution in [2.75, 3.05) is 13.2 Å². The minimum atomic E-state index is -0.473. The fraction of sp³-hybridized carbons (Fsp3) is 0.500. The van der Waals surface area contributed by atoms with E-state index in [9.17, 15) is 4.79 Å². The average molecular weight is 285 g/mol. The van der Waals surface area contributed by atoms with Gasteiger partial charge in [0, 0.05) is 30.3 Å². The van der Waals surface area contributed by atoms with Gasteiger partial charge in [-0.25, -0.2) is 0 Å². The SMILES string of the molecule is CCOC(C)(C)CNCc1ccc(C(N)=O)cc1Cl. The number of amides is 1. The highest BCUT2D eigenvalue weighted by Gasteiger charge is 2.16. The summed E-state index contributed by atoms with van der Waals surface area (Å²) >= 11 is 6.11. The molecule has 1 amide bonds. The lowest BCUT2D eigenvalue weighted by molar-refractivity contribution is -0.00897. The van der Waals surface area contributed by atoms with E-state index >= 15 is 0 Å². The molecule has 1 rings (SSSR count). The molecule has 0 spiro atoms. The summed E-state index contributed by atoms with van der Waals surface area (Å²) in [5.74, 6) is -0.473. The number of nitrogens with two attached hydrogens (primary N) is 1. The van der Waals surface area contributed by atoms with Crippen molar-refractivity contribution in [2.45, 2.75) is 32.9 Å². The second-order valence-electron chi connectivity index (χ2n) is 4.97. The molecule has 0 aliphatic heterocycles. The van der Waals surface area contributed by atoms with E-state index in [0.717, 1.165) is 12.1 Å². The minimum absolute atomic E-state index is 0.214. The molecule has 3 N–H and O–H groups in total. The molecule has 0 saturated carbocycles. The van der Waals surface area contributed by atoms with Crippen molar-refractivity contribution in [2.24, 2.45) is 5.73 Å². The van der Waals surface area contributed by atoms with Crippen LogP contribution in [-0.2, 0) is 11.3 Å². The van der Waals surface area contributed by atoms with Crippen molar-refractivity contribution in [3.8, 4) is 0 Å². The molecule has 0 aliphatic rings. The van der Waals surface area contributed by atoms with Gasteiger partial charge < -0.3 is 15.8 Å². The predicted molar refractivity (Wildman–Crippen MR) is 77.4 cm³/mol. The summed E-state index contributed by atoms with van der Waals surface area (Å²) < 4.78 is 5.59. The van der Waals surface area contributed by atoms with Crippen LogP contribution < -0.4 is 11.1 Å². The Hall–Kier alpha value is -1.10. The summed E-state index contributed by atoms with van der Waals surface area (Å²) in [4.78, 5) is 11.0. The molecular formula is C14H21ClN2O2. The van der Waals surface area contributed by atoms with Crippen LogP contribution in [0.25, 0.3) is 0 Å². The largest absolute Gasteiger partial charge is 0.375 e. The van der Waals surface area contributed by atoms with Crippen LogP contribution in [0, 0.1) is 0 Å². The normalized spacial score (nSPS) is 11.6. The molecule has 0 bridgehead atoms. The zero-order valence-corrected chi connectivity index (χ0v) is 12.4. The van der Waals surface area contributed by atoms with Gasteiger partial charge in [0.2, 0.25) is 5.91 Å². The highest BCUT2D eigenvalue weighted by Crippen LogP contribution is 2.18. The molecular weight excluding hydrogens is 264 g/mol. The van der Waals surface area contributed by atoms with E-state index in [1.165, 1.54) is 0 Å². The number of benzene rings is 1. The van der Waals surface area contributed by atoms with Crippen LogP contribution in [0.1, 0.15) is 36.7 Å². The third-order valence-corrected chi connectivity index (χ3v) is 3.09. The first-order valence-electron chi connectivity index (χ1n) is 6.28. The Balaban J connectivity index is 2.57. The topological polar surface area (TPSA) is 64.3 Å². The molecule has 19 heavy (non-hydrogen) atoms. The van der Waals surface area contributed by atoms with Crippen LogP contribution in [0.5, 0.6) is 0 Å². The number of rotatable bonds is 7. The molecule has 0 unspecified atom stereocenters. The number of nitrogens with one attached hydrogen (secondary N) is 1. The maximum absolute atomic E-state index is 11.0. The van der Waals surface area contributed by atoms with E-state index in [0.29, 0.717) is 23.7 Å². The molecule has 5 heteroatoms. The van der Waals surface area contributed by atoms with Gasteiger partial charge in [-0.05, 0) is 38.5 Å². The zero-order chi connectivity index (χ0) is 14.5. The molecule has 1 aromatic rings. The number of carbonyl (C=O) groups is 1. The van der Waals surface area contributed by atoms with Gasteiger partial charge in [-0.3, -0.25) is 4.79 Å². The number of hydrogen-bond acceptors (Lipinski definition) is 3. The second kappa shape index (κ2) is 6.89. The summed E-state index contributed by atoms with van der Waals surface area (Å²) in [7, 11) is 0. The van der Waals surface area contributed by atoms with Crippen molar-refractivity contribution >= 4 is 17.5 Å². The molecule has 4 nitrogen and oxygen atoms in total. The Kier molecular flexibility index (Phi) is 5.79. The van der Waals surface area contributed by atoms with Gasteiger partial charge in [-0.1, -0.05) is 17.7 Å². The van der Waals surface area contributed by atoms with E-state index in [2.05, 4.69) is 5.32 Å². The van der Waals surface area contributed by atoms with Gasteiger partial charge >= 0.3 is 0 Å². The van der Waals surface area contributed by atoms with Crippen LogP contribution >= 0.6 is 11.6 Å². The van der Waals surface area contributed by atoms with Gasteiger partial charge in [0.05, 0.1) is 5.60 Å². The van der Waals surface area contributed by atoms with Crippen LogP contribution in [-0.4, -0.2) is 24.7 Å². The Bertz CT molecular complexity index is 447. The highest BCUT2D eigenvalue weighted by molar-refractivity contribution is 6.31. The Morgan fingerprint density at radius 2 is 2.16 bits per heavy atom. The van der Waals surface area contributed by atoms with Crippen molar-refractivity contribution < 1.29 is 9.53 Å². The molecule has 0 radical (unpaired) electrons. The maximum Gasteiger partial charge on any atom is 0.248 e. The van der Waals surface area contributed by atoms with Gasteiger partial charge in [0.25, 0.3) is 0 Å². The lowest BCUT2D eigenvalue weighted by Gasteiger charge is -2.25. The number of ether oxygens (including phenoxy) is 1. The molecule has 0 aromatic heterocycles. The van der Waals surface area contributed by atoms with Crippen LogP contribution in [0.15, 0.2) is 18.2 Å². The lowest BCUT2D eigenvalue weighted by atomic mass is 10.1. The fourth-order valence-electron chi connectivity index (χ4n) is 1.78. The first kappa shape index (κ1) is 16.0. The Morgan fingerprint density at radius 1 is 1.47 bits per heavy atom. The smallest absolute Gasteiger partial charge is 0.248 e. The van der Waals surface area contributed by atoms with E-state index in [1.54, 1.807) is 12.1 Å². The minimum Gasteiger partial charge on any atom is -0.375 e. The summed E-state index contributed by atoms with van der Waals surface area (Å²) in [5, 5.41) is 3.83. The molecule has 0 atom stereocenters. The van der Waals surface area contributed by atoms with Crippen LogP contribution in [0.3, 0.4) is 0 Å². The number of hydrogen-bond donors (Lipinski definition) is 2. The molecule has 0 fully saturated rings. The van der Waals surface area contributed by atoms with Gasteiger partial charge in [-0.2, -0.15) is 0 Å². The molecule has 0 aliphatic carbocycles. The summed E-state index contributed by atoms with van der Waals surface area (Å²) in [5.41, 5.74) is 6.33. The van der Waals surface area contributed by atoms with Crippen molar-refractivity contribution in [3.63, 3.8) is 0 Å². The summed E-state index contributed by atoms with van der Waals surface area (Å²) in [6.45, 7) is 8.05. The van der Waals surface area contributed by atoms with Crippen molar-refractivity contribution in [1.82, 2.24) is 5.32 Å². The quantitative estimate of drug-likeness (QED) is 0.808. The fourth-order valence-corrected chi connectivity index (χ4v) is 2.03. The maximum atomic E-state index is 11.0. The summed E-state index contributed by atoms with van der Waals surface area (Å²) in [6, 6.07) is 5.08. The zero-order valence-electron chi connectivity index (χ0n) is 11.6. The number of halogens is 1. The van der Waals surface area contributed by atoms with Gasteiger partial charge in [-0.15, -0.1) is 0 Å². The van der Waals surface area contributed by atoms with Crippen molar-refractivity contribution in [1.29, 1.82) is 0 Å². The van der Waals surface area contributed by atoms with E-state index in [4.69, 9.17) is 22.1 Å². The highest BCUT2D eigenvalue weighted by atomic mass is 35.5. The van der Waals surface area contributed by atoms with Gasteiger partial charge in [0.1, 0.15) is 0 Å².